The minimum atomic E-state index is -0.313. The molecule has 5 nitrogen and oxygen atoms in total. The third-order valence-corrected chi connectivity index (χ3v) is 3.86. The molecule has 1 saturated carbocycles. The summed E-state index contributed by atoms with van der Waals surface area (Å²) in [4.78, 5) is 14.0. The summed E-state index contributed by atoms with van der Waals surface area (Å²) < 4.78 is 5.15. The zero-order valence-corrected chi connectivity index (χ0v) is 11.3. The minimum Gasteiger partial charge on any atom is -0.383 e. The van der Waals surface area contributed by atoms with E-state index in [1.54, 1.807) is 18.4 Å². The molecule has 0 spiro atoms. The molecule has 2 rings (SSSR count). The van der Waals surface area contributed by atoms with Crippen LogP contribution in [-0.2, 0) is 16.1 Å². The maximum atomic E-state index is 11.8. The lowest BCUT2D eigenvalue weighted by Crippen LogP contribution is -2.51. The molecule has 1 aromatic rings. The average molecular weight is 269 g/mol. The fourth-order valence-corrected chi connectivity index (χ4v) is 2.73. The second-order valence-corrected chi connectivity index (χ2v) is 5.29. The molecule has 100 valence electrons. The molecule has 1 aromatic heterocycles. The first-order valence-corrected chi connectivity index (χ1v) is 6.96. The van der Waals surface area contributed by atoms with Crippen LogP contribution in [0.1, 0.15) is 18.4 Å². The van der Waals surface area contributed by atoms with Gasteiger partial charge in [0, 0.05) is 19.7 Å². The molecule has 0 aliphatic heterocycles. The molecule has 1 unspecified atom stereocenters. The van der Waals surface area contributed by atoms with Crippen molar-refractivity contribution in [1.82, 2.24) is 10.3 Å². The van der Waals surface area contributed by atoms with Crippen LogP contribution in [0.15, 0.2) is 16.8 Å². The van der Waals surface area contributed by atoms with Crippen molar-refractivity contribution >= 4 is 17.2 Å². The van der Waals surface area contributed by atoms with Gasteiger partial charge in [-0.15, -0.1) is 0 Å². The lowest BCUT2D eigenvalue weighted by Gasteiger charge is -2.29. The Morgan fingerprint density at radius 3 is 3.00 bits per heavy atom. The average Bonchev–Trinajstić information content (AvgIpc) is 3.10. The highest BCUT2D eigenvalue weighted by molar-refractivity contribution is 7.07. The van der Waals surface area contributed by atoms with Crippen molar-refractivity contribution in [2.45, 2.75) is 31.5 Å². The summed E-state index contributed by atoms with van der Waals surface area (Å²) in [6.07, 6.45) is 2.28. The fourth-order valence-electron chi connectivity index (χ4n) is 2.07. The largest absolute Gasteiger partial charge is 0.383 e. The summed E-state index contributed by atoms with van der Waals surface area (Å²) in [6.45, 7) is 1.14. The molecule has 1 heterocycles. The van der Waals surface area contributed by atoms with Crippen LogP contribution in [0, 0.1) is 0 Å². The predicted octanol–water partition coefficient (Wildman–Crippen LogP) is 0.717. The number of thiophene rings is 1. The van der Waals surface area contributed by atoms with Gasteiger partial charge in [0.25, 0.3) is 5.91 Å². The number of nitrogens with one attached hydrogen (secondary N) is 1. The van der Waals surface area contributed by atoms with E-state index < -0.39 is 0 Å². The first kappa shape index (κ1) is 13.5. The van der Waals surface area contributed by atoms with Gasteiger partial charge in [-0.2, -0.15) is 11.3 Å². The van der Waals surface area contributed by atoms with E-state index in [0.29, 0.717) is 12.6 Å². The van der Waals surface area contributed by atoms with Crippen molar-refractivity contribution in [3.05, 3.63) is 22.4 Å². The summed E-state index contributed by atoms with van der Waals surface area (Å²) >= 11 is 1.67. The van der Waals surface area contributed by atoms with Crippen molar-refractivity contribution in [3.8, 4) is 0 Å². The quantitative estimate of drug-likeness (QED) is 0.435. The zero-order valence-electron chi connectivity index (χ0n) is 10.5. The summed E-state index contributed by atoms with van der Waals surface area (Å²) in [5.74, 6) is 5.07. The van der Waals surface area contributed by atoms with Gasteiger partial charge in [0.05, 0.1) is 6.61 Å². The molecule has 1 atom stereocenters. The second kappa shape index (κ2) is 6.29. The van der Waals surface area contributed by atoms with Crippen molar-refractivity contribution in [3.63, 3.8) is 0 Å². The number of rotatable bonds is 7. The van der Waals surface area contributed by atoms with Gasteiger partial charge in [-0.25, -0.2) is 5.84 Å². The Balaban J connectivity index is 2.08. The van der Waals surface area contributed by atoms with Crippen molar-refractivity contribution in [2.75, 3.05) is 13.7 Å². The molecule has 1 fully saturated rings. The first-order chi connectivity index (χ1) is 8.76. The van der Waals surface area contributed by atoms with E-state index in [9.17, 15) is 4.79 Å². The zero-order chi connectivity index (χ0) is 13.0. The highest BCUT2D eigenvalue weighted by Crippen LogP contribution is 2.30. The van der Waals surface area contributed by atoms with E-state index >= 15 is 0 Å². The lowest BCUT2D eigenvalue weighted by atomic mass is 10.2. The van der Waals surface area contributed by atoms with Crippen LogP contribution in [0.25, 0.3) is 0 Å². The topological polar surface area (TPSA) is 67.6 Å². The number of carbonyl (C=O) groups excluding carboxylic acids is 1. The van der Waals surface area contributed by atoms with E-state index in [4.69, 9.17) is 10.6 Å². The Kier molecular flexibility index (Phi) is 4.71. The number of carbonyl (C=O) groups is 1. The summed E-state index contributed by atoms with van der Waals surface area (Å²) in [6, 6.07) is 2.25. The van der Waals surface area contributed by atoms with Gasteiger partial charge in [0.1, 0.15) is 6.04 Å². The molecule has 1 aliphatic rings. The third kappa shape index (κ3) is 3.29. The van der Waals surface area contributed by atoms with Gasteiger partial charge < -0.3 is 4.74 Å². The van der Waals surface area contributed by atoms with Crippen LogP contribution in [0.3, 0.4) is 0 Å². The van der Waals surface area contributed by atoms with Crippen LogP contribution in [-0.4, -0.2) is 36.6 Å². The standard InChI is InChI=1S/C12H19N3O2S/c1-17-7-11(12(16)14-13)15(10-2-3-10)6-9-4-5-18-8-9/h4-5,8,10-11H,2-3,6-7,13H2,1H3,(H,14,16). The highest BCUT2D eigenvalue weighted by atomic mass is 32.1. The van der Waals surface area contributed by atoms with E-state index in [1.807, 2.05) is 0 Å². The Morgan fingerprint density at radius 2 is 2.50 bits per heavy atom. The molecule has 0 aromatic carbocycles. The molecule has 0 radical (unpaired) electrons. The molecule has 18 heavy (non-hydrogen) atoms. The molecule has 6 heteroatoms. The number of nitrogens with zero attached hydrogens (tertiary/aromatic N) is 1. The second-order valence-electron chi connectivity index (χ2n) is 4.51. The van der Waals surface area contributed by atoms with E-state index in [2.05, 4.69) is 27.2 Å². The van der Waals surface area contributed by atoms with Crippen molar-refractivity contribution in [1.29, 1.82) is 0 Å². The summed E-state index contributed by atoms with van der Waals surface area (Å²) in [5.41, 5.74) is 3.47. The van der Waals surface area contributed by atoms with Crippen LogP contribution < -0.4 is 11.3 Å². The van der Waals surface area contributed by atoms with Crippen LogP contribution in [0.4, 0.5) is 0 Å². The Hall–Kier alpha value is -0.950. The van der Waals surface area contributed by atoms with Gasteiger partial charge in [0.2, 0.25) is 0 Å². The number of hydrogen-bond acceptors (Lipinski definition) is 5. The van der Waals surface area contributed by atoms with E-state index in [0.717, 1.165) is 19.4 Å². The van der Waals surface area contributed by atoms with E-state index in [1.165, 1.54) is 5.56 Å². The smallest absolute Gasteiger partial charge is 0.253 e. The number of nitrogens with two attached hydrogens (primary N) is 1. The maximum Gasteiger partial charge on any atom is 0.253 e. The third-order valence-electron chi connectivity index (χ3n) is 3.13. The number of ether oxygens (including phenoxy) is 1. The van der Waals surface area contributed by atoms with Crippen LogP contribution in [0.5, 0.6) is 0 Å². The SMILES string of the molecule is COCC(C(=O)NN)N(Cc1ccsc1)C1CC1. The maximum absolute atomic E-state index is 11.8. The van der Waals surface area contributed by atoms with Gasteiger partial charge in [-0.05, 0) is 35.2 Å². The molecular formula is C12H19N3O2S. The normalized spacial score (nSPS) is 16.8. The Morgan fingerprint density at radius 1 is 1.72 bits per heavy atom. The fraction of sp³-hybridized carbons (Fsp3) is 0.583. The monoisotopic (exact) mass is 269 g/mol. The molecule has 1 aliphatic carbocycles. The van der Waals surface area contributed by atoms with Crippen molar-refractivity contribution in [2.24, 2.45) is 5.84 Å². The Labute approximate surface area is 111 Å². The van der Waals surface area contributed by atoms with Crippen molar-refractivity contribution < 1.29 is 9.53 Å². The van der Waals surface area contributed by atoms with Gasteiger partial charge in [0.15, 0.2) is 0 Å². The molecule has 0 bridgehead atoms. The number of amides is 1. The number of hydrazine groups is 1. The van der Waals surface area contributed by atoms with Crippen LogP contribution >= 0.6 is 11.3 Å². The minimum absolute atomic E-state index is 0.182. The molecule has 3 N–H and O–H groups in total. The van der Waals surface area contributed by atoms with Gasteiger partial charge in [-0.1, -0.05) is 0 Å². The first-order valence-electron chi connectivity index (χ1n) is 6.02. The van der Waals surface area contributed by atoms with Gasteiger partial charge >= 0.3 is 0 Å². The van der Waals surface area contributed by atoms with Gasteiger partial charge in [-0.3, -0.25) is 15.1 Å². The number of methoxy groups -OCH3 is 1. The number of hydrogen-bond donors (Lipinski definition) is 2. The molecule has 0 saturated heterocycles. The van der Waals surface area contributed by atoms with Crippen LogP contribution in [0.2, 0.25) is 0 Å². The Bertz CT molecular complexity index is 379. The summed E-state index contributed by atoms with van der Waals surface area (Å²) in [5, 5.41) is 4.16. The lowest BCUT2D eigenvalue weighted by molar-refractivity contribution is -0.129. The molecular weight excluding hydrogens is 250 g/mol. The molecule has 1 amide bonds. The summed E-state index contributed by atoms with van der Waals surface area (Å²) in [7, 11) is 1.60. The predicted molar refractivity (Wildman–Crippen MR) is 70.9 cm³/mol. The highest BCUT2D eigenvalue weighted by Gasteiger charge is 2.37. The van der Waals surface area contributed by atoms with E-state index in [-0.39, 0.29) is 11.9 Å².